The molecular formula is C14H22N2O. The van der Waals surface area contributed by atoms with Crippen molar-refractivity contribution < 1.29 is 4.74 Å². The van der Waals surface area contributed by atoms with E-state index in [1.54, 1.807) is 7.11 Å². The Morgan fingerprint density at radius 1 is 1.41 bits per heavy atom. The highest BCUT2D eigenvalue weighted by Gasteiger charge is 2.21. The van der Waals surface area contributed by atoms with Crippen LogP contribution in [0.3, 0.4) is 0 Å². The molecule has 3 heteroatoms. The van der Waals surface area contributed by atoms with Crippen LogP contribution in [0.1, 0.15) is 31.7 Å². The van der Waals surface area contributed by atoms with Gasteiger partial charge in [0.05, 0.1) is 7.11 Å². The fourth-order valence-electron chi connectivity index (χ4n) is 2.55. The maximum atomic E-state index is 5.76. The second kappa shape index (κ2) is 5.41. The molecule has 0 saturated heterocycles. The molecule has 2 rings (SSSR count). The second-order valence-electron chi connectivity index (χ2n) is 4.99. The number of nitrogens with two attached hydrogens (primary N) is 1. The topological polar surface area (TPSA) is 47.3 Å². The van der Waals surface area contributed by atoms with Crippen LogP contribution in [-0.2, 0) is 6.54 Å². The van der Waals surface area contributed by atoms with Crippen LogP contribution >= 0.6 is 0 Å². The van der Waals surface area contributed by atoms with Crippen LogP contribution in [0.2, 0.25) is 0 Å². The number of nitrogens with one attached hydrogen (secondary N) is 1. The summed E-state index contributed by atoms with van der Waals surface area (Å²) in [6.45, 7) is 2.88. The Labute approximate surface area is 103 Å². The number of hydrogen-bond acceptors (Lipinski definition) is 3. The van der Waals surface area contributed by atoms with Crippen LogP contribution in [0.5, 0.6) is 5.75 Å². The van der Waals surface area contributed by atoms with Gasteiger partial charge >= 0.3 is 0 Å². The summed E-state index contributed by atoms with van der Waals surface area (Å²) in [4.78, 5) is 0. The van der Waals surface area contributed by atoms with Gasteiger partial charge in [-0.3, -0.25) is 0 Å². The molecule has 1 saturated carbocycles. The van der Waals surface area contributed by atoms with Gasteiger partial charge in [0.25, 0.3) is 0 Å². The average Bonchev–Trinajstić information content (AvgIpc) is 2.74. The Morgan fingerprint density at radius 3 is 2.82 bits per heavy atom. The van der Waals surface area contributed by atoms with Crippen LogP contribution in [0.15, 0.2) is 18.2 Å². The minimum absolute atomic E-state index is 0.564. The Kier molecular flexibility index (Phi) is 3.89. The summed E-state index contributed by atoms with van der Waals surface area (Å²) in [7, 11) is 1.69. The van der Waals surface area contributed by atoms with Crippen LogP contribution in [-0.4, -0.2) is 13.2 Å². The molecule has 3 N–H and O–H groups in total. The van der Waals surface area contributed by atoms with Gasteiger partial charge in [0, 0.05) is 24.3 Å². The normalized spacial score (nSPS) is 23.7. The molecule has 1 fully saturated rings. The van der Waals surface area contributed by atoms with Crippen molar-refractivity contribution in [2.24, 2.45) is 11.7 Å². The summed E-state index contributed by atoms with van der Waals surface area (Å²) in [5, 5.41) is 3.61. The Morgan fingerprint density at radius 2 is 2.24 bits per heavy atom. The molecule has 1 aromatic carbocycles. The van der Waals surface area contributed by atoms with Crippen LogP contribution in [0, 0.1) is 5.92 Å². The first-order valence-corrected chi connectivity index (χ1v) is 6.36. The summed E-state index contributed by atoms with van der Waals surface area (Å²) in [5.74, 6) is 1.72. The van der Waals surface area contributed by atoms with Gasteiger partial charge in [-0.2, -0.15) is 0 Å². The average molecular weight is 234 g/mol. The predicted octanol–water partition coefficient (Wildman–Crippen LogP) is 2.75. The molecule has 0 heterocycles. The molecule has 0 amide bonds. The summed E-state index contributed by atoms with van der Waals surface area (Å²) >= 11 is 0. The summed E-state index contributed by atoms with van der Waals surface area (Å²) in [5.41, 5.74) is 8.05. The van der Waals surface area contributed by atoms with Crippen LogP contribution < -0.4 is 15.8 Å². The monoisotopic (exact) mass is 234 g/mol. The molecule has 1 aromatic rings. The molecule has 2 unspecified atom stereocenters. The second-order valence-corrected chi connectivity index (χ2v) is 4.99. The molecule has 3 nitrogen and oxygen atoms in total. The summed E-state index contributed by atoms with van der Waals surface area (Å²) < 4.78 is 5.26. The van der Waals surface area contributed by atoms with Crippen LogP contribution in [0.25, 0.3) is 0 Å². The van der Waals surface area contributed by atoms with E-state index in [1.807, 2.05) is 18.2 Å². The zero-order chi connectivity index (χ0) is 12.3. The first-order valence-electron chi connectivity index (χ1n) is 6.36. The lowest BCUT2D eigenvalue weighted by molar-refractivity contribution is 0.415. The molecule has 2 atom stereocenters. The van der Waals surface area contributed by atoms with E-state index in [2.05, 4.69) is 12.2 Å². The molecule has 0 radical (unpaired) electrons. The Hall–Kier alpha value is -1.22. The van der Waals surface area contributed by atoms with E-state index in [-0.39, 0.29) is 0 Å². The third-order valence-corrected chi connectivity index (χ3v) is 3.59. The van der Waals surface area contributed by atoms with Crippen molar-refractivity contribution in [2.75, 3.05) is 12.4 Å². The maximum Gasteiger partial charge on any atom is 0.120 e. The molecule has 0 spiro atoms. The van der Waals surface area contributed by atoms with Gasteiger partial charge in [-0.05, 0) is 36.8 Å². The predicted molar refractivity (Wildman–Crippen MR) is 71.3 cm³/mol. The van der Waals surface area contributed by atoms with E-state index in [0.29, 0.717) is 12.6 Å². The van der Waals surface area contributed by atoms with Gasteiger partial charge in [0.1, 0.15) is 5.75 Å². The zero-order valence-electron chi connectivity index (χ0n) is 10.7. The van der Waals surface area contributed by atoms with E-state index in [4.69, 9.17) is 10.5 Å². The summed E-state index contributed by atoms with van der Waals surface area (Å²) in [6, 6.07) is 6.64. The van der Waals surface area contributed by atoms with Crippen molar-refractivity contribution in [2.45, 2.75) is 38.8 Å². The minimum atomic E-state index is 0.564. The van der Waals surface area contributed by atoms with E-state index < -0.39 is 0 Å². The van der Waals surface area contributed by atoms with Crippen molar-refractivity contribution >= 4 is 5.69 Å². The number of methoxy groups -OCH3 is 1. The first-order chi connectivity index (χ1) is 8.22. The molecule has 1 aliphatic rings. The standard InChI is InChI=1S/C14H22N2O/c1-10-3-5-12(7-10)16-14-8-13(17-2)6-4-11(14)9-15/h4,6,8,10,12,16H,3,5,7,9,15H2,1-2H3. The molecule has 0 aliphatic heterocycles. The van der Waals surface area contributed by atoms with Gasteiger partial charge in [-0.1, -0.05) is 13.0 Å². The van der Waals surface area contributed by atoms with E-state index >= 15 is 0 Å². The van der Waals surface area contributed by atoms with E-state index in [9.17, 15) is 0 Å². The number of rotatable bonds is 4. The summed E-state index contributed by atoms with van der Waals surface area (Å²) in [6.07, 6.45) is 3.82. The number of benzene rings is 1. The van der Waals surface area contributed by atoms with Gasteiger partial charge in [-0.15, -0.1) is 0 Å². The smallest absolute Gasteiger partial charge is 0.120 e. The highest BCUT2D eigenvalue weighted by Crippen LogP contribution is 2.30. The molecule has 94 valence electrons. The van der Waals surface area contributed by atoms with Crippen molar-refractivity contribution in [3.05, 3.63) is 23.8 Å². The van der Waals surface area contributed by atoms with E-state index in [0.717, 1.165) is 22.9 Å². The largest absolute Gasteiger partial charge is 0.497 e. The lowest BCUT2D eigenvalue weighted by Gasteiger charge is -2.17. The molecule has 1 aliphatic carbocycles. The molecule has 0 bridgehead atoms. The number of ether oxygens (including phenoxy) is 1. The quantitative estimate of drug-likeness (QED) is 0.842. The highest BCUT2D eigenvalue weighted by atomic mass is 16.5. The lowest BCUT2D eigenvalue weighted by atomic mass is 10.1. The fourth-order valence-corrected chi connectivity index (χ4v) is 2.55. The van der Waals surface area contributed by atoms with Crippen LogP contribution in [0.4, 0.5) is 5.69 Å². The fraction of sp³-hybridized carbons (Fsp3) is 0.571. The van der Waals surface area contributed by atoms with Crippen molar-refractivity contribution in [1.82, 2.24) is 0 Å². The Bertz CT molecular complexity index is 378. The molecular weight excluding hydrogens is 212 g/mol. The van der Waals surface area contributed by atoms with Gasteiger partial charge < -0.3 is 15.8 Å². The number of anilines is 1. The van der Waals surface area contributed by atoms with Gasteiger partial charge in [0.2, 0.25) is 0 Å². The van der Waals surface area contributed by atoms with Crippen molar-refractivity contribution in [3.8, 4) is 5.75 Å². The maximum absolute atomic E-state index is 5.76. The highest BCUT2D eigenvalue weighted by molar-refractivity contribution is 5.55. The number of hydrogen-bond donors (Lipinski definition) is 2. The van der Waals surface area contributed by atoms with Gasteiger partial charge in [0.15, 0.2) is 0 Å². The first kappa shape index (κ1) is 12.2. The molecule has 0 aromatic heterocycles. The third kappa shape index (κ3) is 2.91. The van der Waals surface area contributed by atoms with Crippen molar-refractivity contribution in [3.63, 3.8) is 0 Å². The SMILES string of the molecule is COc1ccc(CN)c(NC2CCC(C)C2)c1. The Balaban J connectivity index is 2.12. The zero-order valence-corrected chi connectivity index (χ0v) is 10.7. The third-order valence-electron chi connectivity index (χ3n) is 3.59. The van der Waals surface area contributed by atoms with E-state index in [1.165, 1.54) is 19.3 Å². The lowest BCUT2D eigenvalue weighted by Crippen LogP contribution is -2.17. The minimum Gasteiger partial charge on any atom is -0.497 e. The molecule has 17 heavy (non-hydrogen) atoms. The van der Waals surface area contributed by atoms with Gasteiger partial charge in [-0.25, -0.2) is 0 Å². The van der Waals surface area contributed by atoms with Crippen molar-refractivity contribution in [1.29, 1.82) is 0 Å².